The summed E-state index contributed by atoms with van der Waals surface area (Å²) in [6.07, 6.45) is 5.66. The predicted molar refractivity (Wildman–Crippen MR) is 55.4 cm³/mol. The molecular formula is C11H21NO2. The highest BCUT2D eigenvalue weighted by molar-refractivity contribution is 4.72. The molecule has 1 aliphatic heterocycles. The average molecular weight is 199 g/mol. The average Bonchev–Trinajstić information content (AvgIpc) is 2.87. The van der Waals surface area contributed by atoms with Gasteiger partial charge in [0.25, 0.3) is 0 Å². The molecule has 1 saturated carbocycles. The Morgan fingerprint density at radius 2 is 2.21 bits per heavy atom. The first-order valence-corrected chi connectivity index (χ1v) is 5.85. The summed E-state index contributed by atoms with van der Waals surface area (Å²) in [6.45, 7) is 4.73. The molecule has 3 heteroatoms. The number of ether oxygens (including phenoxy) is 2. The molecule has 82 valence electrons. The van der Waals surface area contributed by atoms with Crippen LogP contribution in [0, 0.1) is 5.92 Å². The van der Waals surface area contributed by atoms with Gasteiger partial charge in [0.15, 0.2) is 0 Å². The third kappa shape index (κ3) is 3.95. The van der Waals surface area contributed by atoms with Gasteiger partial charge >= 0.3 is 0 Å². The van der Waals surface area contributed by atoms with Crippen molar-refractivity contribution in [2.75, 3.05) is 32.9 Å². The fourth-order valence-electron chi connectivity index (χ4n) is 1.75. The summed E-state index contributed by atoms with van der Waals surface area (Å²) in [5, 5.41) is 3.37. The van der Waals surface area contributed by atoms with Crippen LogP contribution < -0.4 is 5.32 Å². The standard InChI is InChI=1S/C11H21NO2/c1-2-11(14-6-1)8-12-5-7-13-9-10-3-4-10/h10-12H,1-9H2. The lowest BCUT2D eigenvalue weighted by Gasteiger charge is -2.10. The summed E-state index contributed by atoms with van der Waals surface area (Å²) < 4.78 is 11.0. The van der Waals surface area contributed by atoms with Crippen molar-refractivity contribution in [3.63, 3.8) is 0 Å². The Balaban J connectivity index is 1.35. The highest BCUT2D eigenvalue weighted by atomic mass is 16.5. The molecule has 1 heterocycles. The van der Waals surface area contributed by atoms with Crippen molar-refractivity contribution in [1.82, 2.24) is 5.32 Å². The second kappa shape index (κ2) is 5.69. The van der Waals surface area contributed by atoms with Crippen molar-refractivity contribution >= 4 is 0 Å². The molecule has 1 unspecified atom stereocenters. The lowest BCUT2D eigenvalue weighted by molar-refractivity contribution is 0.0999. The molecule has 0 bridgehead atoms. The normalized spacial score (nSPS) is 27.0. The SMILES string of the molecule is C1COC(CNCCOCC2CC2)C1. The second-order valence-electron chi connectivity index (χ2n) is 4.36. The minimum atomic E-state index is 0.457. The molecule has 0 aromatic carbocycles. The number of nitrogens with one attached hydrogen (secondary N) is 1. The van der Waals surface area contributed by atoms with Gasteiger partial charge in [0.05, 0.1) is 12.7 Å². The molecule has 0 radical (unpaired) electrons. The van der Waals surface area contributed by atoms with Crippen molar-refractivity contribution in [2.24, 2.45) is 5.92 Å². The lowest BCUT2D eigenvalue weighted by atomic mass is 10.2. The zero-order valence-corrected chi connectivity index (χ0v) is 8.84. The van der Waals surface area contributed by atoms with Gasteiger partial charge < -0.3 is 14.8 Å². The maximum absolute atomic E-state index is 5.52. The van der Waals surface area contributed by atoms with Gasteiger partial charge in [-0.25, -0.2) is 0 Å². The van der Waals surface area contributed by atoms with Gasteiger partial charge in [-0.15, -0.1) is 0 Å². The number of hydrogen-bond acceptors (Lipinski definition) is 3. The van der Waals surface area contributed by atoms with Gasteiger partial charge in [-0.05, 0) is 31.6 Å². The Morgan fingerprint density at radius 1 is 1.29 bits per heavy atom. The Bertz CT molecular complexity index is 153. The molecule has 2 fully saturated rings. The fraction of sp³-hybridized carbons (Fsp3) is 1.00. The summed E-state index contributed by atoms with van der Waals surface area (Å²) in [4.78, 5) is 0. The number of rotatable bonds is 7. The summed E-state index contributed by atoms with van der Waals surface area (Å²) in [5.74, 6) is 0.883. The molecule has 1 atom stereocenters. The molecule has 1 saturated heterocycles. The summed E-state index contributed by atoms with van der Waals surface area (Å²) in [7, 11) is 0. The van der Waals surface area contributed by atoms with Crippen molar-refractivity contribution in [2.45, 2.75) is 31.8 Å². The summed E-state index contributed by atoms with van der Waals surface area (Å²) >= 11 is 0. The van der Waals surface area contributed by atoms with Gasteiger partial charge in [-0.2, -0.15) is 0 Å². The molecule has 1 N–H and O–H groups in total. The van der Waals surface area contributed by atoms with Crippen molar-refractivity contribution in [1.29, 1.82) is 0 Å². The van der Waals surface area contributed by atoms with Crippen LogP contribution in [-0.2, 0) is 9.47 Å². The molecule has 0 aromatic rings. The molecular weight excluding hydrogens is 178 g/mol. The van der Waals surface area contributed by atoms with Crippen LogP contribution in [0.2, 0.25) is 0 Å². The summed E-state index contributed by atoms with van der Waals surface area (Å²) in [5.41, 5.74) is 0. The Kier molecular flexibility index (Phi) is 4.22. The minimum Gasteiger partial charge on any atom is -0.380 e. The zero-order chi connectivity index (χ0) is 9.64. The van der Waals surface area contributed by atoms with Gasteiger partial charge in [0, 0.05) is 26.3 Å². The van der Waals surface area contributed by atoms with Gasteiger partial charge in [0.1, 0.15) is 0 Å². The van der Waals surface area contributed by atoms with E-state index in [1.165, 1.54) is 25.7 Å². The van der Waals surface area contributed by atoms with E-state index in [4.69, 9.17) is 9.47 Å². The van der Waals surface area contributed by atoms with E-state index in [1.807, 2.05) is 0 Å². The van der Waals surface area contributed by atoms with Crippen LogP contribution in [0.15, 0.2) is 0 Å². The zero-order valence-electron chi connectivity index (χ0n) is 8.84. The molecule has 3 nitrogen and oxygen atoms in total. The summed E-state index contributed by atoms with van der Waals surface area (Å²) in [6, 6.07) is 0. The van der Waals surface area contributed by atoms with Crippen molar-refractivity contribution < 1.29 is 9.47 Å². The maximum atomic E-state index is 5.52. The van der Waals surface area contributed by atoms with E-state index in [9.17, 15) is 0 Å². The largest absolute Gasteiger partial charge is 0.380 e. The van der Waals surface area contributed by atoms with Crippen LogP contribution in [-0.4, -0.2) is 39.0 Å². The van der Waals surface area contributed by atoms with E-state index < -0.39 is 0 Å². The molecule has 0 aromatic heterocycles. The van der Waals surface area contributed by atoms with Gasteiger partial charge in [-0.1, -0.05) is 0 Å². The van der Waals surface area contributed by atoms with Crippen molar-refractivity contribution in [3.8, 4) is 0 Å². The molecule has 0 amide bonds. The van der Waals surface area contributed by atoms with Gasteiger partial charge in [-0.3, -0.25) is 0 Å². The van der Waals surface area contributed by atoms with Crippen LogP contribution in [0.25, 0.3) is 0 Å². The van der Waals surface area contributed by atoms with Crippen LogP contribution in [0.3, 0.4) is 0 Å². The lowest BCUT2D eigenvalue weighted by Crippen LogP contribution is -2.29. The predicted octanol–water partition coefficient (Wildman–Crippen LogP) is 1.18. The second-order valence-corrected chi connectivity index (χ2v) is 4.36. The molecule has 14 heavy (non-hydrogen) atoms. The van der Waals surface area contributed by atoms with Crippen molar-refractivity contribution in [3.05, 3.63) is 0 Å². The molecule has 0 spiro atoms. The highest BCUT2D eigenvalue weighted by Gasteiger charge is 2.20. The Labute approximate surface area is 86.2 Å². The van der Waals surface area contributed by atoms with Gasteiger partial charge in [0.2, 0.25) is 0 Å². The van der Waals surface area contributed by atoms with Crippen LogP contribution in [0.1, 0.15) is 25.7 Å². The molecule has 2 aliphatic rings. The minimum absolute atomic E-state index is 0.457. The highest BCUT2D eigenvalue weighted by Crippen LogP contribution is 2.28. The molecule has 1 aliphatic carbocycles. The first kappa shape index (κ1) is 10.4. The Hall–Kier alpha value is -0.120. The van der Waals surface area contributed by atoms with E-state index in [2.05, 4.69) is 5.32 Å². The van der Waals surface area contributed by atoms with E-state index in [0.717, 1.165) is 38.8 Å². The van der Waals surface area contributed by atoms with Crippen LogP contribution >= 0.6 is 0 Å². The van der Waals surface area contributed by atoms with E-state index in [-0.39, 0.29) is 0 Å². The first-order chi connectivity index (χ1) is 6.95. The van der Waals surface area contributed by atoms with E-state index in [0.29, 0.717) is 6.10 Å². The van der Waals surface area contributed by atoms with Crippen LogP contribution in [0.5, 0.6) is 0 Å². The van der Waals surface area contributed by atoms with E-state index >= 15 is 0 Å². The maximum Gasteiger partial charge on any atom is 0.0700 e. The smallest absolute Gasteiger partial charge is 0.0700 e. The Morgan fingerprint density at radius 3 is 2.93 bits per heavy atom. The number of hydrogen-bond donors (Lipinski definition) is 1. The third-order valence-corrected chi connectivity index (χ3v) is 2.87. The van der Waals surface area contributed by atoms with E-state index in [1.54, 1.807) is 0 Å². The third-order valence-electron chi connectivity index (χ3n) is 2.87. The monoisotopic (exact) mass is 199 g/mol. The van der Waals surface area contributed by atoms with Crippen LogP contribution in [0.4, 0.5) is 0 Å². The quantitative estimate of drug-likeness (QED) is 0.625. The molecule has 2 rings (SSSR count). The topological polar surface area (TPSA) is 30.5 Å². The fourth-order valence-corrected chi connectivity index (χ4v) is 1.75. The first-order valence-electron chi connectivity index (χ1n) is 5.85.